The first-order chi connectivity index (χ1) is 10.8. The Morgan fingerprint density at radius 2 is 1.70 bits per heavy atom. The fourth-order valence-electron chi connectivity index (χ4n) is 6.13. The van der Waals surface area contributed by atoms with Crippen molar-refractivity contribution in [1.82, 2.24) is 0 Å². The Labute approximate surface area is 143 Å². The average molecular weight is 311 g/mol. The third-order valence-corrected chi connectivity index (χ3v) is 8.62. The van der Waals surface area contributed by atoms with Crippen LogP contribution in [-0.4, -0.2) is 0 Å². The van der Waals surface area contributed by atoms with Crippen LogP contribution in [0.3, 0.4) is 0 Å². The lowest BCUT2D eigenvalue weighted by Crippen LogP contribution is -2.49. The van der Waals surface area contributed by atoms with Crippen molar-refractivity contribution in [2.45, 2.75) is 73.1 Å². The van der Waals surface area contributed by atoms with E-state index in [0.29, 0.717) is 10.8 Å². The van der Waals surface area contributed by atoms with Gasteiger partial charge in [0.2, 0.25) is 0 Å². The van der Waals surface area contributed by atoms with Gasteiger partial charge >= 0.3 is 0 Å². The molecule has 23 heavy (non-hydrogen) atoms. The van der Waals surface area contributed by atoms with Crippen LogP contribution in [0.2, 0.25) is 0 Å². The van der Waals surface area contributed by atoms with Crippen molar-refractivity contribution in [2.75, 3.05) is 0 Å². The topological polar surface area (TPSA) is 0 Å². The Hall–Kier alpha value is -0.780. The van der Waals surface area contributed by atoms with Crippen molar-refractivity contribution in [3.8, 4) is 0 Å². The summed E-state index contributed by atoms with van der Waals surface area (Å²) in [4.78, 5) is 0. The van der Waals surface area contributed by atoms with Crippen LogP contribution in [0.25, 0.3) is 0 Å². The SMILES string of the molecule is CC1CC2C(=CC=C3C4=CCCCC4CCC32)C(C)(C)C1(C)C. The molecule has 0 saturated heterocycles. The third kappa shape index (κ3) is 2.09. The highest BCUT2D eigenvalue weighted by Gasteiger charge is 2.53. The van der Waals surface area contributed by atoms with Gasteiger partial charge in [-0.2, -0.15) is 0 Å². The van der Waals surface area contributed by atoms with Gasteiger partial charge in [0.15, 0.2) is 0 Å². The molecule has 0 aromatic rings. The van der Waals surface area contributed by atoms with Crippen LogP contribution >= 0.6 is 0 Å². The first-order valence-electron chi connectivity index (χ1n) is 9.96. The number of fused-ring (bicyclic) bond motifs is 5. The van der Waals surface area contributed by atoms with E-state index in [2.05, 4.69) is 52.8 Å². The zero-order chi connectivity index (χ0) is 16.4. The van der Waals surface area contributed by atoms with Crippen LogP contribution in [0.1, 0.15) is 73.1 Å². The minimum Gasteiger partial charge on any atom is -0.0807 e. The summed E-state index contributed by atoms with van der Waals surface area (Å²) in [5.41, 5.74) is 5.94. The predicted molar refractivity (Wildman–Crippen MR) is 99.1 cm³/mol. The molecule has 0 spiro atoms. The first kappa shape index (κ1) is 15.7. The molecule has 0 aromatic heterocycles. The van der Waals surface area contributed by atoms with Gasteiger partial charge in [-0.05, 0) is 84.2 Å². The molecule has 0 bridgehead atoms. The highest BCUT2D eigenvalue weighted by Crippen LogP contribution is 2.62. The van der Waals surface area contributed by atoms with E-state index in [4.69, 9.17) is 0 Å². The zero-order valence-electron chi connectivity index (χ0n) is 15.8. The molecule has 2 saturated carbocycles. The van der Waals surface area contributed by atoms with Gasteiger partial charge in [0, 0.05) is 0 Å². The summed E-state index contributed by atoms with van der Waals surface area (Å²) in [6, 6.07) is 0. The highest BCUT2D eigenvalue weighted by molar-refractivity contribution is 5.47. The average Bonchev–Trinajstić information content (AvgIpc) is 2.53. The van der Waals surface area contributed by atoms with Crippen LogP contribution in [-0.2, 0) is 0 Å². The Bertz CT molecular complexity index is 596. The molecule has 0 aliphatic heterocycles. The van der Waals surface area contributed by atoms with Gasteiger partial charge in [0.05, 0.1) is 0 Å². The number of allylic oxidation sites excluding steroid dienone is 6. The molecule has 126 valence electrons. The first-order valence-corrected chi connectivity index (χ1v) is 9.96. The van der Waals surface area contributed by atoms with Crippen molar-refractivity contribution in [3.05, 3.63) is 34.9 Å². The van der Waals surface area contributed by atoms with Crippen LogP contribution in [0, 0.1) is 34.5 Å². The molecule has 0 aromatic carbocycles. The summed E-state index contributed by atoms with van der Waals surface area (Å²) >= 11 is 0. The Balaban J connectivity index is 1.78. The Morgan fingerprint density at radius 1 is 0.913 bits per heavy atom. The molecule has 4 atom stereocenters. The molecule has 4 rings (SSSR count). The van der Waals surface area contributed by atoms with Crippen molar-refractivity contribution in [3.63, 3.8) is 0 Å². The summed E-state index contributed by atoms with van der Waals surface area (Å²) in [5.74, 6) is 3.30. The van der Waals surface area contributed by atoms with E-state index in [1.165, 1.54) is 38.5 Å². The monoisotopic (exact) mass is 310 g/mol. The zero-order valence-corrected chi connectivity index (χ0v) is 15.8. The number of hydrogen-bond acceptors (Lipinski definition) is 0. The van der Waals surface area contributed by atoms with Gasteiger partial charge < -0.3 is 0 Å². The molecule has 0 heteroatoms. The van der Waals surface area contributed by atoms with E-state index < -0.39 is 0 Å². The minimum absolute atomic E-state index is 0.315. The standard InChI is InChI=1S/C23H34/c1-15-14-20-19-11-10-16-8-6-7-9-17(16)18(19)12-13-21(20)23(4,5)22(15,2)3/h9,12-13,15-16,19-20H,6-8,10-11,14H2,1-5H3. The molecule has 4 aliphatic rings. The quantitative estimate of drug-likeness (QED) is 0.467. The van der Waals surface area contributed by atoms with Crippen LogP contribution in [0.5, 0.6) is 0 Å². The molecule has 0 radical (unpaired) electrons. The molecule has 4 aliphatic carbocycles. The molecule has 0 heterocycles. The maximum atomic E-state index is 2.59. The fraction of sp³-hybridized carbons (Fsp3) is 0.739. The molecule has 0 nitrogen and oxygen atoms in total. The van der Waals surface area contributed by atoms with Gasteiger partial charge in [-0.3, -0.25) is 0 Å². The van der Waals surface area contributed by atoms with Gasteiger partial charge in [0.1, 0.15) is 0 Å². The van der Waals surface area contributed by atoms with E-state index in [-0.39, 0.29) is 0 Å². The second-order valence-electron chi connectivity index (χ2n) is 9.81. The second-order valence-corrected chi connectivity index (χ2v) is 9.81. The normalized spacial score (nSPS) is 40.8. The van der Waals surface area contributed by atoms with Crippen molar-refractivity contribution in [1.29, 1.82) is 0 Å². The van der Waals surface area contributed by atoms with E-state index in [1.54, 1.807) is 16.7 Å². The molecular weight excluding hydrogens is 276 g/mol. The van der Waals surface area contributed by atoms with Crippen LogP contribution in [0.15, 0.2) is 34.9 Å². The van der Waals surface area contributed by atoms with E-state index in [9.17, 15) is 0 Å². The smallest absolute Gasteiger partial charge is 0.00849 e. The summed E-state index contributed by atoms with van der Waals surface area (Å²) < 4.78 is 0. The summed E-state index contributed by atoms with van der Waals surface area (Å²) in [5, 5.41) is 0. The number of hydrogen-bond donors (Lipinski definition) is 0. The van der Waals surface area contributed by atoms with Gasteiger partial charge in [0.25, 0.3) is 0 Å². The van der Waals surface area contributed by atoms with Gasteiger partial charge in [-0.25, -0.2) is 0 Å². The predicted octanol–water partition coefficient (Wildman–Crippen LogP) is 6.70. The van der Waals surface area contributed by atoms with Crippen molar-refractivity contribution >= 4 is 0 Å². The fourth-order valence-corrected chi connectivity index (χ4v) is 6.13. The second kappa shape index (κ2) is 5.11. The minimum atomic E-state index is 0.315. The summed E-state index contributed by atoms with van der Waals surface area (Å²) in [6.45, 7) is 12.5. The molecule has 0 amide bonds. The van der Waals surface area contributed by atoms with Gasteiger partial charge in [-0.15, -0.1) is 0 Å². The van der Waals surface area contributed by atoms with E-state index in [0.717, 1.165) is 23.7 Å². The number of rotatable bonds is 0. The molecule has 0 N–H and O–H groups in total. The summed E-state index contributed by atoms with van der Waals surface area (Å²) in [7, 11) is 0. The van der Waals surface area contributed by atoms with Crippen LogP contribution < -0.4 is 0 Å². The van der Waals surface area contributed by atoms with Gasteiger partial charge in [-0.1, -0.05) is 58.4 Å². The lowest BCUT2D eigenvalue weighted by Gasteiger charge is -2.58. The van der Waals surface area contributed by atoms with E-state index in [1.807, 2.05) is 0 Å². The summed E-state index contributed by atoms with van der Waals surface area (Å²) in [6.07, 6.45) is 16.1. The van der Waals surface area contributed by atoms with E-state index >= 15 is 0 Å². The van der Waals surface area contributed by atoms with Crippen molar-refractivity contribution < 1.29 is 0 Å². The third-order valence-electron chi connectivity index (χ3n) is 8.62. The molecular formula is C23H34. The Kier molecular flexibility index (Phi) is 3.49. The lowest BCUT2D eigenvalue weighted by molar-refractivity contribution is 0.0104. The maximum absolute atomic E-state index is 2.59. The van der Waals surface area contributed by atoms with Crippen molar-refractivity contribution in [2.24, 2.45) is 34.5 Å². The largest absolute Gasteiger partial charge is 0.0807 e. The van der Waals surface area contributed by atoms with Crippen LogP contribution in [0.4, 0.5) is 0 Å². The highest BCUT2D eigenvalue weighted by atomic mass is 14.6. The molecule has 4 unspecified atom stereocenters. The lowest BCUT2D eigenvalue weighted by atomic mass is 9.47. The maximum Gasteiger partial charge on any atom is -0.00849 e. The molecule has 2 fully saturated rings. The Morgan fingerprint density at radius 3 is 2.48 bits per heavy atom.